The average molecular weight is 237 g/mol. The molecular formula is C11H16BNO4. The minimum absolute atomic E-state index is 0.236. The molecule has 0 aliphatic heterocycles. The third-order valence-corrected chi connectivity index (χ3v) is 1.97. The maximum Gasteiger partial charge on any atom is 0.509 e. The van der Waals surface area contributed by atoms with Crippen molar-refractivity contribution in [1.29, 1.82) is 0 Å². The molecule has 3 N–H and O–H groups in total. The number of benzene rings is 1. The summed E-state index contributed by atoms with van der Waals surface area (Å²) < 4.78 is 9.52. The van der Waals surface area contributed by atoms with E-state index in [9.17, 15) is 9.82 Å². The Balaban J connectivity index is 3.01. The van der Waals surface area contributed by atoms with E-state index in [0.717, 1.165) is 0 Å². The molecule has 0 spiro atoms. The fraction of sp³-hybridized carbons (Fsp3) is 0.364. The molecule has 1 aromatic carbocycles. The largest absolute Gasteiger partial charge is 0.509 e. The molecular weight excluding hydrogens is 221 g/mol. The van der Waals surface area contributed by atoms with Gasteiger partial charge >= 0.3 is 13.1 Å². The lowest BCUT2D eigenvalue weighted by Crippen LogP contribution is -2.40. The first-order valence-electron chi connectivity index (χ1n) is 5.21. The zero-order chi connectivity index (χ0) is 13.1. The van der Waals surface area contributed by atoms with Crippen LogP contribution in [-0.2, 0) is 9.49 Å². The van der Waals surface area contributed by atoms with Gasteiger partial charge in [-0.05, 0) is 32.3 Å². The van der Waals surface area contributed by atoms with E-state index >= 15 is 0 Å². The predicted octanol–water partition coefficient (Wildman–Crippen LogP) is 0.220. The molecule has 0 radical (unpaired) electrons. The maximum absolute atomic E-state index is 11.9. The van der Waals surface area contributed by atoms with E-state index in [1.807, 2.05) is 0 Å². The molecule has 6 heteroatoms. The lowest BCUT2D eigenvalue weighted by Gasteiger charge is -2.20. The summed E-state index contributed by atoms with van der Waals surface area (Å²) in [7, 11) is -1.35. The molecule has 0 atom stereocenters. The van der Waals surface area contributed by atoms with Gasteiger partial charge in [0.15, 0.2) is 0 Å². The molecule has 0 saturated carbocycles. The molecule has 0 unspecified atom stereocenters. The Bertz CT molecular complexity index is 403. The first kappa shape index (κ1) is 13.7. The quantitative estimate of drug-likeness (QED) is 0.446. The second-order valence-electron chi connectivity index (χ2n) is 4.58. The molecule has 1 rings (SSSR count). The van der Waals surface area contributed by atoms with Gasteiger partial charge in [-0.15, -0.1) is 0 Å². The SMILES string of the molecule is CC(C)(C)OC(=O)c1ccccc1B(O)ON. The van der Waals surface area contributed by atoms with Gasteiger partial charge < -0.3 is 14.5 Å². The smallest absolute Gasteiger partial charge is 0.456 e. The van der Waals surface area contributed by atoms with Crippen molar-refractivity contribution in [3.63, 3.8) is 0 Å². The van der Waals surface area contributed by atoms with Crippen LogP contribution in [-0.4, -0.2) is 23.7 Å². The number of hydrogen-bond donors (Lipinski definition) is 2. The highest BCUT2D eigenvalue weighted by molar-refractivity contribution is 6.61. The summed E-state index contributed by atoms with van der Waals surface area (Å²) in [4.78, 5) is 11.9. The van der Waals surface area contributed by atoms with E-state index in [0.29, 0.717) is 0 Å². The van der Waals surface area contributed by atoms with Crippen molar-refractivity contribution in [2.45, 2.75) is 26.4 Å². The van der Waals surface area contributed by atoms with Crippen LogP contribution in [0.2, 0.25) is 0 Å². The number of carbonyl (C=O) groups excluding carboxylic acids is 1. The zero-order valence-electron chi connectivity index (χ0n) is 10.1. The lowest BCUT2D eigenvalue weighted by molar-refractivity contribution is 0.00705. The highest BCUT2D eigenvalue weighted by atomic mass is 16.6. The Kier molecular flexibility index (Phi) is 4.28. The summed E-state index contributed by atoms with van der Waals surface area (Å²) >= 11 is 0. The van der Waals surface area contributed by atoms with Crippen LogP contribution in [0.1, 0.15) is 31.1 Å². The van der Waals surface area contributed by atoms with Crippen molar-refractivity contribution in [2.75, 3.05) is 0 Å². The van der Waals surface area contributed by atoms with Crippen LogP contribution in [0, 0.1) is 0 Å². The Labute approximate surface area is 101 Å². The number of ether oxygens (including phenoxy) is 1. The van der Waals surface area contributed by atoms with E-state index in [4.69, 9.17) is 10.6 Å². The second kappa shape index (κ2) is 5.31. The maximum atomic E-state index is 11.9. The van der Waals surface area contributed by atoms with Crippen molar-refractivity contribution >= 4 is 18.6 Å². The van der Waals surface area contributed by atoms with Crippen LogP contribution in [0.25, 0.3) is 0 Å². The fourth-order valence-electron chi connectivity index (χ4n) is 1.30. The van der Waals surface area contributed by atoms with Gasteiger partial charge in [-0.2, -0.15) is 0 Å². The number of esters is 1. The van der Waals surface area contributed by atoms with Gasteiger partial charge in [0.05, 0.1) is 5.56 Å². The van der Waals surface area contributed by atoms with Crippen LogP contribution in [0.15, 0.2) is 24.3 Å². The molecule has 5 nitrogen and oxygen atoms in total. The molecule has 0 heterocycles. The number of hydrogen-bond acceptors (Lipinski definition) is 5. The minimum atomic E-state index is -1.35. The first-order valence-corrected chi connectivity index (χ1v) is 5.21. The zero-order valence-corrected chi connectivity index (χ0v) is 10.1. The van der Waals surface area contributed by atoms with Gasteiger partial charge in [0.2, 0.25) is 0 Å². The molecule has 92 valence electrons. The third kappa shape index (κ3) is 3.85. The van der Waals surface area contributed by atoms with E-state index < -0.39 is 18.7 Å². The predicted molar refractivity (Wildman–Crippen MR) is 64.5 cm³/mol. The molecule has 0 aliphatic rings. The van der Waals surface area contributed by atoms with Gasteiger partial charge in [0, 0.05) is 0 Å². The topological polar surface area (TPSA) is 81.8 Å². The Hall–Kier alpha value is -1.37. The second-order valence-corrected chi connectivity index (χ2v) is 4.58. The number of carbonyl (C=O) groups is 1. The number of rotatable bonds is 3. The summed E-state index contributed by atoms with van der Waals surface area (Å²) in [6.07, 6.45) is 0. The van der Waals surface area contributed by atoms with Crippen LogP contribution >= 0.6 is 0 Å². The monoisotopic (exact) mass is 237 g/mol. The summed E-state index contributed by atoms with van der Waals surface area (Å²) in [6, 6.07) is 6.44. The van der Waals surface area contributed by atoms with Crippen LogP contribution < -0.4 is 11.4 Å². The summed E-state index contributed by atoms with van der Waals surface area (Å²) in [5.41, 5.74) is -0.0803. The van der Waals surface area contributed by atoms with E-state index in [1.165, 1.54) is 0 Å². The molecule has 0 amide bonds. The summed E-state index contributed by atoms with van der Waals surface area (Å²) in [6.45, 7) is 5.30. The van der Waals surface area contributed by atoms with Crippen LogP contribution in [0.4, 0.5) is 0 Å². The first-order chi connectivity index (χ1) is 7.85. The summed E-state index contributed by atoms with van der Waals surface area (Å²) in [5.74, 6) is 4.37. The van der Waals surface area contributed by atoms with E-state index in [2.05, 4.69) is 4.76 Å². The van der Waals surface area contributed by atoms with Gasteiger partial charge in [0.1, 0.15) is 5.60 Å². The molecule has 0 aliphatic carbocycles. The van der Waals surface area contributed by atoms with E-state index in [-0.39, 0.29) is 11.0 Å². The van der Waals surface area contributed by atoms with E-state index in [1.54, 1.807) is 45.0 Å². The molecule has 0 saturated heterocycles. The lowest BCUT2D eigenvalue weighted by atomic mass is 9.77. The Morgan fingerprint density at radius 2 is 1.94 bits per heavy atom. The van der Waals surface area contributed by atoms with Crippen LogP contribution in [0.3, 0.4) is 0 Å². The Morgan fingerprint density at radius 3 is 2.47 bits per heavy atom. The van der Waals surface area contributed by atoms with Gasteiger partial charge in [-0.3, -0.25) is 0 Å². The molecule has 0 aromatic heterocycles. The van der Waals surface area contributed by atoms with Crippen molar-refractivity contribution in [2.24, 2.45) is 5.90 Å². The Morgan fingerprint density at radius 1 is 1.35 bits per heavy atom. The summed E-state index contributed by atoms with van der Waals surface area (Å²) in [5, 5.41) is 9.50. The average Bonchev–Trinajstić information content (AvgIpc) is 2.25. The third-order valence-electron chi connectivity index (χ3n) is 1.97. The van der Waals surface area contributed by atoms with Crippen LogP contribution in [0.5, 0.6) is 0 Å². The highest BCUT2D eigenvalue weighted by Crippen LogP contribution is 2.11. The van der Waals surface area contributed by atoms with Gasteiger partial charge in [-0.25, -0.2) is 10.7 Å². The van der Waals surface area contributed by atoms with Gasteiger partial charge in [-0.1, -0.05) is 18.2 Å². The number of nitrogens with two attached hydrogens (primary N) is 1. The van der Waals surface area contributed by atoms with Crippen molar-refractivity contribution in [1.82, 2.24) is 0 Å². The van der Waals surface area contributed by atoms with Crippen molar-refractivity contribution < 1.29 is 19.3 Å². The highest BCUT2D eigenvalue weighted by Gasteiger charge is 2.26. The molecule has 0 fully saturated rings. The minimum Gasteiger partial charge on any atom is -0.456 e. The van der Waals surface area contributed by atoms with Gasteiger partial charge in [0.25, 0.3) is 0 Å². The molecule has 17 heavy (non-hydrogen) atoms. The van der Waals surface area contributed by atoms with Crippen molar-refractivity contribution in [3.8, 4) is 0 Å². The van der Waals surface area contributed by atoms with Crippen molar-refractivity contribution in [3.05, 3.63) is 29.8 Å². The standard InChI is InChI=1S/C11H16BNO4/c1-11(2,3)16-10(14)8-6-4-5-7-9(8)12(15)17-13/h4-7,15H,13H2,1-3H3. The molecule has 0 bridgehead atoms. The molecule has 1 aromatic rings. The normalized spacial score (nSPS) is 11.1. The fourth-order valence-corrected chi connectivity index (χ4v) is 1.30.